The normalized spacial score (nSPS) is 12.3. The zero-order chi connectivity index (χ0) is 18.0. The molecule has 0 radical (unpaired) electrons. The number of carbonyl (C=O) groups excluding carboxylic acids is 2. The summed E-state index contributed by atoms with van der Waals surface area (Å²) < 4.78 is 15.8. The van der Waals surface area contributed by atoms with E-state index in [1.54, 1.807) is 6.92 Å². The van der Waals surface area contributed by atoms with Crippen LogP contribution in [0.2, 0.25) is 0 Å². The molecule has 1 aromatic rings. The van der Waals surface area contributed by atoms with E-state index < -0.39 is 12.1 Å². The van der Waals surface area contributed by atoms with Crippen molar-refractivity contribution < 1.29 is 23.8 Å². The standard InChI is InChI=1S/C18H27NO5/c1-5-22-16(20)11-15(13-24-18(2,3)4)19-17(21)23-12-14-9-7-6-8-10-14/h6-10,15H,5,11-13H2,1-4H3,(H,19,21)/t15-/m0/s1. The van der Waals surface area contributed by atoms with Crippen LogP contribution >= 0.6 is 0 Å². The first-order chi connectivity index (χ1) is 11.3. The lowest BCUT2D eigenvalue weighted by Crippen LogP contribution is -2.42. The van der Waals surface area contributed by atoms with Gasteiger partial charge in [-0.2, -0.15) is 0 Å². The zero-order valence-electron chi connectivity index (χ0n) is 14.8. The Morgan fingerprint density at radius 3 is 2.38 bits per heavy atom. The summed E-state index contributed by atoms with van der Waals surface area (Å²) in [6, 6.07) is 8.86. The van der Waals surface area contributed by atoms with Crippen molar-refractivity contribution in [2.24, 2.45) is 0 Å². The minimum atomic E-state index is -0.592. The van der Waals surface area contributed by atoms with E-state index in [1.165, 1.54) is 0 Å². The Balaban J connectivity index is 2.51. The van der Waals surface area contributed by atoms with Crippen LogP contribution in [0.15, 0.2) is 30.3 Å². The van der Waals surface area contributed by atoms with E-state index in [9.17, 15) is 9.59 Å². The first-order valence-corrected chi connectivity index (χ1v) is 8.07. The highest BCUT2D eigenvalue weighted by atomic mass is 16.6. The topological polar surface area (TPSA) is 73.9 Å². The third-order valence-electron chi connectivity index (χ3n) is 2.97. The first-order valence-electron chi connectivity index (χ1n) is 8.07. The van der Waals surface area contributed by atoms with Gasteiger partial charge >= 0.3 is 12.1 Å². The van der Waals surface area contributed by atoms with Gasteiger partial charge in [0.1, 0.15) is 6.61 Å². The molecule has 0 spiro atoms. The van der Waals surface area contributed by atoms with E-state index >= 15 is 0 Å². The van der Waals surface area contributed by atoms with Crippen LogP contribution in [-0.4, -0.2) is 36.9 Å². The molecular weight excluding hydrogens is 310 g/mol. The largest absolute Gasteiger partial charge is 0.466 e. The van der Waals surface area contributed by atoms with E-state index in [2.05, 4.69) is 5.32 Å². The Morgan fingerprint density at radius 2 is 1.79 bits per heavy atom. The molecule has 24 heavy (non-hydrogen) atoms. The monoisotopic (exact) mass is 337 g/mol. The molecule has 0 saturated carbocycles. The summed E-state index contributed by atoms with van der Waals surface area (Å²) in [7, 11) is 0. The number of carbonyl (C=O) groups is 2. The summed E-state index contributed by atoms with van der Waals surface area (Å²) >= 11 is 0. The molecule has 1 rings (SSSR count). The third-order valence-corrected chi connectivity index (χ3v) is 2.97. The molecule has 0 bridgehead atoms. The molecule has 1 aromatic carbocycles. The van der Waals surface area contributed by atoms with Crippen molar-refractivity contribution in [3.05, 3.63) is 35.9 Å². The van der Waals surface area contributed by atoms with Crippen molar-refractivity contribution in [1.29, 1.82) is 0 Å². The second-order valence-electron chi connectivity index (χ2n) is 6.34. The molecule has 6 nitrogen and oxygen atoms in total. The molecule has 0 unspecified atom stereocenters. The first kappa shape index (κ1) is 20.0. The van der Waals surface area contributed by atoms with Gasteiger partial charge < -0.3 is 19.5 Å². The molecule has 134 valence electrons. The van der Waals surface area contributed by atoms with Gasteiger partial charge in [-0.1, -0.05) is 30.3 Å². The summed E-state index contributed by atoms with van der Waals surface area (Å²) in [6.45, 7) is 8.11. The predicted molar refractivity (Wildman–Crippen MR) is 90.5 cm³/mol. The van der Waals surface area contributed by atoms with Gasteiger partial charge in [0, 0.05) is 0 Å². The summed E-state index contributed by atoms with van der Waals surface area (Å²) in [5.74, 6) is -0.386. The van der Waals surface area contributed by atoms with Crippen LogP contribution in [0.3, 0.4) is 0 Å². The number of ether oxygens (including phenoxy) is 3. The van der Waals surface area contributed by atoms with E-state index in [0.717, 1.165) is 5.56 Å². The SMILES string of the molecule is CCOC(=O)C[C@@H](COC(C)(C)C)NC(=O)OCc1ccccc1. The fraction of sp³-hybridized carbons (Fsp3) is 0.556. The van der Waals surface area contributed by atoms with Crippen LogP contribution < -0.4 is 5.32 Å². The van der Waals surface area contributed by atoms with Gasteiger partial charge in [0.2, 0.25) is 0 Å². The highest BCUT2D eigenvalue weighted by molar-refractivity contribution is 5.72. The number of alkyl carbamates (subject to hydrolysis) is 1. The van der Waals surface area contributed by atoms with Crippen molar-refractivity contribution >= 4 is 12.1 Å². The smallest absolute Gasteiger partial charge is 0.407 e. The highest BCUT2D eigenvalue weighted by Crippen LogP contribution is 2.09. The lowest BCUT2D eigenvalue weighted by molar-refractivity contribution is -0.144. The third kappa shape index (κ3) is 9.15. The number of esters is 1. The molecule has 6 heteroatoms. The Bertz CT molecular complexity index is 510. The Kier molecular flexibility index (Phi) is 8.26. The average molecular weight is 337 g/mol. The number of hydrogen-bond donors (Lipinski definition) is 1. The molecule has 0 heterocycles. The molecule has 1 N–H and O–H groups in total. The van der Waals surface area contributed by atoms with Gasteiger partial charge in [0.25, 0.3) is 0 Å². The molecule has 0 aliphatic rings. The van der Waals surface area contributed by atoms with Crippen LogP contribution in [0.5, 0.6) is 0 Å². The van der Waals surface area contributed by atoms with Crippen molar-refractivity contribution in [1.82, 2.24) is 5.32 Å². The lowest BCUT2D eigenvalue weighted by atomic mass is 10.1. The van der Waals surface area contributed by atoms with E-state index in [1.807, 2.05) is 51.1 Å². The summed E-state index contributed by atoms with van der Waals surface area (Å²) in [6.07, 6.45) is -0.560. The number of hydrogen-bond acceptors (Lipinski definition) is 5. The Morgan fingerprint density at radius 1 is 1.12 bits per heavy atom. The second kappa shape index (κ2) is 9.93. The van der Waals surface area contributed by atoms with Crippen molar-refractivity contribution in [3.8, 4) is 0 Å². The zero-order valence-corrected chi connectivity index (χ0v) is 14.8. The molecule has 0 aliphatic heterocycles. The fourth-order valence-electron chi connectivity index (χ4n) is 1.85. The van der Waals surface area contributed by atoms with Gasteiger partial charge in [0.05, 0.1) is 31.3 Å². The maximum atomic E-state index is 11.9. The summed E-state index contributed by atoms with van der Waals surface area (Å²) in [5.41, 5.74) is 0.517. The van der Waals surface area contributed by atoms with Crippen molar-refractivity contribution in [2.45, 2.75) is 52.4 Å². The molecule has 0 aliphatic carbocycles. The average Bonchev–Trinajstić information content (AvgIpc) is 2.51. The quantitative estimate of drug-likeness (QED) is 0.738. The molecule has 0 aromatic heterocycles. The van der Waals surface area contributed by atoms with E-state index in [0.29, 0.717) is 6.61 Å². The Labute approximate surface area is 143 Å². The van der Waals surface area contributed by atoms with E-state index in [-0.39, 0.29) is 31.2 Å². The number of amides is 1. The minimum absolute atomic E-state index is 0.0321. The van der Waals surface area contributed by atoms with Crippen LogP contribution in [-0.2, 0) is 25.6 Å². The maximum absolute atomic E-state index is 11.9. The van der Waals surface area contributed by atoms with Crippen LogP contribution in [0.1, 0.15) is 39.7 Å². The lowest BCUT2D eigenvalue weighted by Gasteiger charge is -2.24. The number of rotatable bonds is 8. The van der Waals surface area contributed by atoms with Gasteiger partial charge in [-0.25, -0.2) is 4.79 Å². The summed E-state index contributed by atoms with van der Waals surface area (Å²) in [5, 5.41) is 2.66. The number of nitrogens with one attached hydrogen (secondary N) is 1. The minimum Gasteiger partial charge on any atom is -0.466 e. The second-order valence-corrected chi connectivity index (χ2v) is 6.34. The van der Waals surface area contributed by atoms with Crippen molar-refractivity contribution in [3.63, 3.8) is 0 Å². The fourth-order valence-corrected chi connectivity index (χ4v) is 1.85. The molecule has 1 amide bonds. The van der Waals surface area contributed by atoms with Crippen molar-refractivity contribution in [2.75, 3.05) is 13.2 Å². The summed E-state index contributed by atoms with van der Waals surface area (Å²) in [4.78, 5) is 23.6. The maximum Gasteiger partial charge on any atom is 0.407 e. The van der Waals surface area contributed by atoms with Gasteiger partial charge in [-0.3, -0.25) is 4.79 Å². The van der Waals surface area contributed by atoms with Crippen LogP contribution in [0, 0.1) is 0 Å². The van der Waals surface area contributed by atoms with Crippen LogP contribution in [0.4, 0.5) is 4.79 Å². The highest BCUT2D eigenvalue weighted by Gasteiger charge is 2.21. The van der Waals surface area contributed by atoms with Gasteiger partial charge in [0.15, 0.2) is 0 Å². The molecule has 0 fully saturated rings. The van der Waals surface area contributed by atoms with Crippen LogP contribution in [0.25, 0.3) is 0 Å². The molecule has 1 atom stereocenters. The van der Waals surface area contributed by atoms with E-state index in [4.69, 9.17) is 14.2 Å². The molecular formula is C18H27NO5. The van der Waals surface area contributed by atoms with Gasteiger partial charge in [-0.05, 0) is 33.3 Å². The Hall–Kier alpha value is -2.08. The predicted octanol–water partition coefficient (Wildman–Crippen LogP) is 3.05. The van der Waals surface area contributed by atoms with Gasteiger partial charge in [-0.15, -0.1) is 0 Å². The molecule has 0 saturated heterocycles. The number of benzene rings is 1.